The smallest absolute Gasteiger partial charge is 0.327 e. The lowest BCUT2D eigenvalue weighted by atomic mass is 10.4. The minimum atomic E-state index is -2.23. The molecule has 0 spiro atoms. The van der Waals surface area contributed by atoms with Crippen LogP contribution in [0.1, 0.15) is 6.92 Å². The third-order valence-electron chi connectivity index (χ3n) is 0.783. The van der Waals surface area contributed by atoms with Gasteiger partial charge in [-0.1, -0.05) is 12.2 Å². The Hall–Kier alpha value is 0.0100. The lowest BCUT2D eigenvalue weighted by Crippen LogP contribution is -2.03. The van der Waals surface area contributed by atoms with Crippen LogP contribution in [0.15, 0.2) is 12.2 Å². The fraction of sp³-hybridized carbons (Fsp3) is 0.667. The van der Waals surface area contributed by atoms with Crippen LogP contribution < -0.4 is 0 Å². The zero-order valence-electron chi connectivity index (χ0n) is 6.49. The van der Waals surface area contributed by atoms with Crippen LogP contribution in [-0.2, 0) is 9.26 Å². The highest BCUT2D eigenvalue weighted by Crippen LogP contribution is 2.23. The monoisotopic (exact) mass is 180 g/mol. The predicted octanol–water partition coefficient (Wildman–Crippen LogP) is 0.807. The highest BCUT2D eigenvalue weighted by atomic mass is 31.2. The van der Waals surface area contributed by atoms with Gasteiger partial charge in [0.1, 0.15) is 0 Å². The van der Waals surface area contributed by atoms with Crippen molar-refractivity contribution in [2.45, 2.75) is 6.92 Å². The van der Waals surface area contributed by atoms with Crippen LogP contribution in [0.25, 0.3) is 0 Å². The molecule has 0 saturated heterocycles. The van der Waals surface area contributed by atoms with Gasteiger partial charge < -0.3 is 19.0 Å². The largest absolute Gasteiger partial charge is 0.375 e. The van der Waals surface area contributed by atoms with Gasteiger partial charge in [0.15, 0.2) is 0 Å². The van der Waals surface area contributed by atoms with Crippen molar-refractivity contribution in [2.24, 2.45) is 0 Å². The van der Waals surface area contributed by atoms with E-state index in [-0.39, 0.29) is 6.61 Å². The molecule has 5 heteroatoms. The second kappa shape index (κ2) is 6.70. The molecule has 0 atom stereocenters. The molecule has 0 aromatic heterocycles. The van der Waals surface area contributed by atoms with Crippen molar-refractivity contribution < 1.29 is 19.0 Å². The van der Waals surface area contributed by atoms with Gasteiger partial charge in [-0.05, 0) is 6.92 Å². The normalized spacial score (nSPS) is 10.5. The van der Waals surface area contributed by atoms with Gasteiger partial charge in [-0.15, -0.1) is 0 Å². The topological polar surface area (TPSA) is 58.9 Å². The van der Waals surface area contributed by atoms with E-state index in [1.54, 1.807) is 0 Å². The number of hydrogen-bond acceptors (Lipinski definition) is 4. The van der Waals surface area contributed by atoms with Crippen molar-refractivity contribution in [3.8, 4) is 0 Å². The Balaban J connectivity index is 2.97. The van der Waals surface area contributed by atoms with Crippen LogP contribution in [0.2, 0.25) is 0 Å². The zero-order chi connectivity index (χ0) is 8.69. The van der Waals surface area contributed by atoms with Gasteiger partial charge in [-0.25, -0.2) is 0 Å². The van der Waals surface area contributed by atoms with Crippen molar-refractivity contribution in [3.05, 3.63) is 12.2 Å². The lowest BCUT2D eigenvalue weighted by molar-refractivity contribution is 0.110. The summed E-state index contributed by atoms with van der Waals surface area (Å²) in [5.74, 6) is 0. The zero-order valence-corrected chi connectivity index (χ0v) is 7.38. The van der Waals surface area contributed by atoms with Crippen molar-refractivity contribution in [3.63, 3.8) is 0 Å². The van der Waals surface area contributed by atoms with Crippen molar-refractivity contribution >= 4 is 8.60 Å². The minimum Gasteiger partial charge on any atom is -0.375 e. The maximum Gasteiger partial charge on any atom is 0.327 e. The molecule has 11 heavy (non-hydrogen) atoms. The van der Waals surface area contributed by atoms with E-state index < -0.39 is 8.60 Å². The van der Waals surface area contributed by atoms with E-state index >= 15 is 0 Å². The molecule has 0 aliphatic heterocycles. The number of rotatable bonds is 6. The molecule has 2 N–H and O–H groups in total. The van der Waals surface area contributed by atoms with E-state index in [1.807, 2.05) is 6.92 Å². The van der Waals surface area contributed by atoms with Gasteiger partial charge in [0, 0.05) is 0 Å². The Morgan fingerprint density at radius 3 is 2.55 bits per heavy atom. The van der Waals surface area contributed by atoms with E-state index in [4.69, 9.17) is 14.5 Å². The van der Waals surface area contributed by atoms with E-state index in [1.165, 1.54) is 0 Å². The fourth-order valence-electron chi connectivity index (χ4n) is 0.424. The number of hydrogen-bond donors (Lipinski definition) is 2. The first kappa shape index (κ1) is 11.0. The first-order valence-electron chi connectivity index (χ1n) is 3.16. The second-order valence-electron chi connectivity index (χ2n) is 2.10. The Morgan fingerprint density at radius 1 is 1.45 bits per heavy atom. The van der Waals surface area contributed by atoms with Gasteiger partial charge in [-0.3, -0.25) is 0 Å². The summed E-state index contributed by atoms with van der Waals surface area (Å²) < 4.78 is 9.45. The van der Waals surface area contributed by atoms with Gasteiger partial charge in [-0.2, -0.15) is 0 Å². The van der Waals surface area contributed by atoms with Crippen molar-refractivity contribution in [1.82, 2.24) is 0 Å². The van der Waals surface area contributed by atoms with Crippen LogP contribution in [0.4, 0.5) is 0 Å². The fourth-order valence-corrected chi connectivity index (χ4v) is 0.662. The third-order valence-corrected chi connectivity index (χ3v) is 1.20. The van der Waals surface area contributed by atoms with E-state index in [0.717, 1.165) is 5.57 Å². The molecule has 0 fully saturated rings. The van der Waals surface area contributed by atoms with E-state index in [2.05, 4.69) is 11.1 Å². The van der Waals surface area contributed by atoms with E-state index in [9.17, 15) is 0 Å². The molecule has 0 bridgehead atoms. The Kier molecular flexibility index (Phi) is 6.71. The molecular weight excluding hydrogens is 167 g/mol. The summed E-state index contributed by atoms with van der Waals surface area (Å²) in [4.78, 5) is 16.6. The quantitative estimate of drug-likeness (QED) is 0.360. The maximum absolute atomic E-state index is 8.29. The van der Waals surface area contributed by atoms with Gasteiger partial charge in [0.25, 0.3) is 0 Å². The molecule has 0 radical (unpaired) electrons. The summed E-state index contributed by atoms with van der Waals surface area (Å²) in [7, 11) is -2.23. The summed E-state index contributed by atoms with van der Waals surface area (Å²) >= 11 is 0. The van der Waals surface area contributed by atoms with E-state index in [0.29, 0.717) is 13.2 Å². The average molecular weight is 180 g/mol. The maximum atomic E-state index is 8.29. The molecule has 0 rings (SSSR count). The summed E-state index contributed by atoms with van der Waals surface area (Å²) in [6, 6.07) is 0. The van der Waals surface area contributed by atoms with Crippen LogP contribution >= 0.6 is 8.60 Å². The summed E-state index contributed by atoms with van der Waals surface area (Å²) in [6.07, 6.45) is 0. The second-order valence-corrected chi connectivity index (χ2v) is 2.86. The van der Waals surface area contributed by atoms with Gasteiger partial charge in [0.05, 0.1) is 19.8 Å². The molecule has 0 unspecified atom stereocenters. The first-order valence-corrected chi connectivity index (χ1v) is 4.32. The lowest BCUT2D eigenvalue weighted by Gasteiger charge is -2.04. The highest BCUT2D eigenvalue weighted by Gasteiger charge is 1.97. The van der Waals surface area contributed by atoms with Crippen LogP contribution in [0, 0.1) is 0 Å². The SMILES string of the molecule is C=C(C)COCCOP(O)O. The Bertz CT molecular complexity index is 115. The molecule has 0 aliphatic rings. The van der Waals surface area contributed by atoms with Crippen LogP contribution in [0.3, 0.4) is 0 Å². The number of ether oxygens (including phenoxy) is 1. The molecule has 0 aromatic rings. The molecule has 0 aromatic carbocycles. The summed E-state index contributed by atoms with van der Waals surface area (Å²) in [5, 5.41) is 0. The molecular formula is C6H13O4P. The summed E-state index contributed by atoms with van der Waals surface area (Å²) in [5.41, 5.74) is 0.931. The standard InChI is InChI=1S/C6H13O4P/c1-6(2)5-9-3-4-10-11(7)8/h7-8H,1,3-5H2,2H3. The highest BCUT2D eigenvalue weighted by molar-refractivity contribution is 7.39. The first-order chi connectivity index (χ1) is 5.13. The van der Waals surface area contributed by atoms with Gasteiger partial charge >= 0.3 is 8.60 Å². The molecule has 66 valence electrons. The summed E-state index contributed by atoms with van der Waals surface area (Å²) in [6.45, 7) is 6.52. The van der Waals surface area contributed by atoms with Crippen LogP contribution in [-0.4, -0.2) is 29.6 Å². The molecule has 0 aliphatic carbocycles. The van der Waals surface area contributed by atoms with Crippen LogP contribution in [0.5, 0.6) is 0 Å². The predicted molar refractivity (Wildman–Crippen MR) is 42.9 cm³/mol. The van der Waals surface area contributed by atoms with Crippen molar-refractivity contribution in [2.75, 3.05) is 19.8 Å². The molecule has 0 amide bonds. The van der Waals surface area contributed by atoms with Crippen molar-refractivity contribution in [1.29, 1.82) is 0 Å². The Labute approximate surface area is 67.4 Å². The molecule has 0 saturated carbocycles. The minimum absolute atomic E-state index is 0.200. The third kappa shape index (κ3) is 10.0. The molecule has 4 nitrogen and oxygen atoms in total. The average Bonchev–Trinajstić information content (AvgIpc) is 1.85. The van der Waals surface area contributed by atoms with Gasteiger partial charge in [0.2, 0.25) is 0 Å². The molecule has 0 heterocycles. The Morgan fingerprint density at radius 2 is 2.09 bits per heavy atom.